The Hall–Kier alpha value is 0.670. The molecule has 0 rings (SSSR count). The Labute approximate surface area is 223 Å². The van der Waals surface area contributed by atoms with Gasteiger partial charge >= 0.3 is 29.6 Å². The third-order valence-corrected chi connectivity index (χ3v) is 4.86. The molecule has 9 nitrogen and oxygen atoms in total. The predicted octanol–water partition coefficient (Wildman–Crippen LogP) is 0.471. The predicted molar refractivity (Wildman–Crippen MR) is 122 cm³/mol. The molecule has 0 aromatic rings. The molecule has 0 saturated heterocycles. The van der Waals surface area contributed by atoms with E-state index in [-0.39, 0.29) is 42.8 Å². The minimum Gasteiger partial charge on any atom is -0.726 e. The van der Waals surface area contributed by atoms with Crippen LogP contribution >= 0.6 is 0 Å². The standard InChI is InChI=1S/C22H46O9S.Na/c1-2-3-4-5-6-7-12-26-13-8-14-27-15-9-16-28-17-10-18-29-19-11-20-30-21-22-31-32(23,24)25;/h2-22H2,1H3,(H,23,24,25);/q;+1/p-1. The van der Waals surface area contributed by atoms with Gasteiger partial charge in [0.15, 0.2) is 0 Å². The number of ether oxygens (including phenoxy) is 5. The van der Waals surface area contributed by atoms with Crippen LogP contribution in [0.3, 0.4) is 0 Å². The van der Waals surface area contributed by atoms with Gasteiger partial charge in [-0.3, -0.25) is 4.18 Å². The summed E-state index contributed by atoms with van der Waals surface area (Å²) in [6.07, 6.45) is 11.1. The zero-order valence-corrected chi connectivity index (χ0v) is 23.7. The fourth-order valence-corrected chi connectivity index (χ4v) is 3.01. The first-order valence-electron chi connectivity index (χ1n) is 12.0. The average Bonchev–Trinajstić information content (AvgIpc) is 2.75. The normalized spacial score (nSPS) is 11.6. The van der Waals surface area contributed by atoms with Crippen molar-refractivity contribution >= 4 is 10.4 Å². The third-order valence-electron chi connectivity index (χ3n) is 4.41. The molecular formula is C22H45NaO9S. The van der Waals surface area contributed by atoms with E-state index in [1.807, 2.05) is 0 Å². The minimum atomic E-state index is -4.63. The Morgan fingerprint density at radius 2 is 0.818 bits per heavy atom. The van der Waals surface area contributed by atoms with E-state index in [1.54, 1.807) is 0 Å². The van der Waals surface area contributed by atoms with Gasteiger partial charge in [0.25, 0.3) is 0 Å². The number of unbranched alkanes of at least 4 members (excludes halogenated alkanes) is 5. The molecule has 0 spiro atoms. The van der Waals surface area contributed by atoms with Gasteiger partial charge in [0.1, 0.15) is 0 Å². The molecule has 0 aliphatic heterocycles. The summed E-state index contributed by atoms with van der Waals surface area (Å²) in [5.41, 5.74) is 0. The van der Waals surface area contributed by atoms with E-state index in [2.05, 4.69) is 11.1 Å². The molecule has 194 valence electrons. The first-order chi connectivity index (χ1) is 15.6. The first-order valence-corrected chi connectivity index (χ1v) is 13.4. The smallest absolute Gasteiger partial charge is 0.726 e. The molecule has 0 heterocycles. The SMILES string of the molecule is CCCCCCCCOCCCOCCCOCCCOCCCOCCOS(=O)(=O)[O-].[Na+]. The van der Waals surface area contributed by atoms with Crippen molar-refractivity contribution in [2.75, 3.05) is 72.7 Å². The van der Waals surface area contributed by atoms with Crippen LogP contribution in [0.25, 0.3) is 0 Å². The van der Waals surface area contributed by atoms with Crippen LogP contribution in [0.4, 0.5) is 0 Å². The van der Waals surface area contributed by atoms with Crippen molar-refractivity contribution in [3.05, 3.63) is 0 Å². The molecule has 0 aromatic heterocycles. The van der Waals surface area contributed by atoms with Gasteiger partial charge in [0.2, 0.25) is 10.4 Å². The zero-order chi connectivity index (χ0) is 23.6. The van der Waals surface area contributed by atoms with Crippen molar-refractivity contribution in [3.8, 4) is 0 Å². The Morgan fingerprint density at radius 1 is 0.485 bits per heavy atom. The monoisotopic (exact) mass is 508 g/mol. The number of hydrogen-bond acceptors (Lipinski definition) is 9. The second-order valence-corrected chi connectivity index (χ2v) is 8.53. The first kappa shape index (κ1) is 35.8. The maximum Gasteiger partial charge on any atom is 1.00 e. The van der Waals surface area contributed by atoms with Crippen LogP contribution in [0.5, 0.6) is 0 Å². The quantitative estimate of drug-likeness (QED) is 0.0676. The van der Waals surface area contributed by atoms with E-state index in [1.165, 1.54) is 32.1 Å². The van der Waals surface area contributed by atoms with Crippen molar-refractivity contribution in [2.45, 2.75) is 71.1 Å². The maximum atomic E-state index is 10.2. The average molecular weight is 509 g/mol. The summed E-state index contributed by atoms with van der Waals surface area (Å²) >= 11 is 0. The molecule has 0 N–H and O–H groups in total. The fourth-order valence-electron chi connectivity index (χ4n) is 2.74. The number of rotatable bonds is 27. The molecule has 0 fully saturated rings. The van der Waals surface area contributed by atoms with Crippen LogP contribution in [0.1, 0.15) is 71.1 Å². The van der Waals surface area contributed by atoms with Gasteiger partial charge in [-0.25, -0.2) is 8.42 Å². The van der Waals surface area contributed by atoms with Crippen LogP contribution in [0, 0.1) is 0 Å². The molecule has 0 aliphatic rings. The zero-order valence-electron chi connectivity index (χ0n) is 20.9. The third kappa shape index (κ3) is 34.9. The van der Waals surface area contributed by atoms with Gasteiger partial charge in [-0.05, 0) is 32.1 Å². The van der Waals surface area contributed by atoms with Crippen molar-refractivity contribution in [1.29, 1.82) is 0 Å². The Kier molecular flexibility index (Phi) is 31.4. The van der Waals surface area contributed by atoms with Gasteiger partial charge in [-0.2, -0.15) is 0 Å². The molecule has 0 unspecified atom stereocenters. The molecule has 0 amide bonds. The van der Waals surface area contributed by atoms with E-state index in [0.29, 0.717) is 46.1 Å². The molecule has 0 radical (unpaired) electrons. The summed E-state index contributed by atoms with van der Waals surface area (Å²) in [6, 6.07) is 0. The van der Waals surface area contributed by atoms with Gasteiger partial charge in [-0.15, -0.1) is 0 Å². The summed E-state index contributed by atoms with van der Waals surface area (Å²) in [5.74, 6) is 0. The molecule has 11 heteroatoms. The largest absolute Gasteiger partial charge is 1.00 e. The minimum absolute atomic E-state index is 0. The maximum absolute atomic E-state index is 10.2. The summed E-state index contributed by atoms with van der Waals surface area (Å²) in [4.78, 5) is 0. The molecule has 0 aromatic carbocycles. The Balaban J connectivity index is 0. The molecule has 0 bridgehead atoms. The van der Waals surface area contributed by atoms with Gasteiger partial charge in [0, 0.05) is 59.5 Å². The molecule has 0 atom stereocenters. The van der Waals surface area contributed by atoms with Crippen molar-refractivity contribution in [2.24, 2.45) is 0 Å². The summed E-state index contributed by atoms with van der Waals surface area (Å²) in [7, 11) is -4.63. The topological polar surface area (TPSA) is 113 Å². The Morgan fingerprint density at radius 3 is 1.21 bits per heavy atom. The number of hydrogen-bond donors (Lipinski definition) is 0. The molecule has 0 aliphatic carbocycles. The van der Waals surface area contributed by atoms with Crippen LogP contribution in [-0.4, -0.2) is 85.6 Å². The van der Waals surface area contributed by atoms with Gasteiger partial charge in [0.05, 0.1) is 13.2 Å². The van der Waals surface area contributed by atoms with Crippen molar-refractivity contribution in [3.63, 3.8) is 0 Å². The van der Waals surface area contributed by atoms with E-state index < -0.39 is 10.4 Å². The van der Waals surface area contributed by atoms with E-state index in [9.17, 15) is 13.0 Å². The molecule has 0 saturated carbocycles. The van der Waals surface area contributed by atoms with E-state index in [4.69, 9.17) is 23.7 Å². The summed E-state index contributed by atoms with van der Waals surface area (Å²) in [5, 5.41) is 0. The molecular weight excluding hydrogens is 463 g/mol. The van der Waals surface area contributed by atoms with Crippen LogP contribution in [-0.2, 0) is 38.3 Å². The van der Waals surface area contributed by atoms with Gasteiger partial charge in [-0.1, -0.05) is 39.0 Å². The van der Waals surface area contributed by atoms with Crippen LogP contribution in [0.15, 0.2) is 0 Å². The van der Waals surface area contributed by atoms with E-state index in [0.717, 1.165) is 45.5 Å². The molecule has 33 heavy (non-hydrogen) atoms. The van der Waals surface area contributed by atoms with Crippen LogP contribution in [0.2, 0.25) is 0 Å². The summed E-state index contributed by atoms with van der Waals surface area (Å²) in [6.45, 7) is 8.05. The van der Waals surface area contributed by atoms with Crippen molar-refractivity contribution < 1.29 is 70.4 Å². The Bertz CT molecular complexity index is 467. The fraction of sp³-hybridized carbons (Fsp3) is 1.00. The second kappa shape index (κ2) is 28.9. The van der Waals surface area contributed by atoms with Gasteiger partial charge < -0.3 is 28.2 Å². The second-order valence-electron chi connectivity index (χ2n) is 7.47. The van der Waals surface area contributed by atoms with Crippen LogP contribution < -0.4 is 29.6 Å². The summed E-state index contributed by atoms with van der Waals surface area (Å²) < 4.78 is 61.9. The van der Waals surface area contributed by atoms with E-state index >= 15 is 0 Å². The van der Waals surface area contributed by atoms with Crippen molar-refractivity contribution in [1.82, 2.24) is 0 Å².